The number of rotatable bonds is 1. The molecule has 0 spiro atoms. The van der Waals surface area contributed by atoms with Crippen molar-refractivity contribution in [3.63, 3.8) is 0 Å². The van der Waals surface area contributed by atoms with Gasteiger partial charge in [-0.25, -0.2) is 0 Å². The molecule has 0 aromatic heterocycles. The molecule has 0 bridgehead atoms. The van der Waals surface area contributed by atoms with E-state index in [1.807, 2.05) is 0 Å². The van der Waals surface area contributed by atoms with Crippen LogP contribution in [0.15, 0.2) is 0 Å². The van der Waals surface area contributed by atoms with E-state index in [1.54, 1.807) is 0 Å². The van der Waals surface area contributed by atoms with E-state index in [0.717, 1.165) is 0 Å². The van der Waals surface area contributed by atoms with Crippen LogP contribution in [0.5, 0.6) is 0 Å². The van der Waals surface area contributed by atoms with Crippen LogP contribution in [-0.4, -0.2) is 11.4 Å². The Bertz CT molecular complexity index is 113. The molecule has 0 saturated carbocycles. The molecule has 0 amide bonds. The fourth-order valence-corrected chi connectivity index (χ4v) is 4.50. The maximum absolute atomic E-state index is 6.30. The SMILES string of the molecule is C[CH](C)[Ge]([Cl])([Cl])[C](C)(C)C. The first-order chi connectivity index (χ1) is 4.19. The molecule has 3 heteroatoms. The maximum atomic E-state index is 6.30. The summed E-state index contributed by atoms with van der Waals surface area (Å²) in [4.78, 5) is 0. The van der Waals surface area contributed by atoms with E-state index < -0.39 is 11.4 Å². The van der Waals surface area contributed by atoms with Gasteiger partial charge in [-0.3, -0.25) is 0 Å². The summed E-state index contributed by atoms with van der Waals surface area (Å²) < 4.78 is 0.611. The van der Waals surface area contributed by atoms with Crippen LogP contribution in [0.4, 0.5) is 0 Å². The van der Waals surface area contributed by atoms with Gasteiger partial charge in [-0.15, -0.1) is 0 Å². The molecule has 10 heavy (non-hydrogen) atoms. The van der Waals surface area contributed by atoms with Gasteiger partial charge in [0.05, 0.1) is 0 Å². The van der Waals surface area contributed by atoms with Crippen LogP contribution < -0.4 is 0 Å². The van der Waals surface area contributed by atoms with Crippen molar-refractivity contribution >= 4 is 31.4 Å². The minimum absolute atomic E-state index is 0.136. The van der Waals surface area contributed by atoms with Gasteiger partial charge in [0.2, 0.25) is 0 Å². The molecule has 0 heterocycles. The van der Waals surface area contributed by atoms with Crippen molar-refractivity contribution in [3.8, 4) is 0 Å². The van der Waals surface area contributed by atoms with Crippen LogP contribution >= 0.6 is 20.0 Å². The van der Waals surface area contributed by atoms with E-state index in [1.165, 1.54) is 0 Å². The summed E-state index contributed by atoms with van der Waals surface area (Å²) in [6, 6.07) is 0. The quantitative estimate of drug-likeness (QED) is 0.608. The van der Waals surface area contributed by atoms with Crippen LogP contribution in [0, 0.1) is 0 Å². The second-order valence-corrected chi connectivity index (χ2v) is 19.4. The van der Waals surface area contributed by atoms with Crippen molar-refractivity contribution in [2.24, 2.45) is 0 Å². The summed E-state index contributed by atoms with van der Waals surface area (Å²) in [5.41, 5.74) is 0. The summed E-state index contributed by atoms with van der Waals surface area (Å²) in [5.74, 6) is 0. The van der Waals surface area contributed by atoms with Gasteiger partial charge in [-0.1, -0.05) is 0 Å². The van der Waals surface area contributed by atoms with Crippen molar-refractivity contribution < 1.29 is 0 Å². The van der Waals surface area contributed by atoms with Gasteiger partial charge in [-0.2, -0.15) is 0 Å². The molecular formula is C7H16Cl2Ge. The summed E-state index contributed by atoms with van der Waals surface area (Å²) in [5, 5.41) is 0. The zero-order chi connectivity index (χ0) is 8.58. The molecule has 0 aliphatic carbocycles. The Morgan fingerprint density at radius 1 is 1.10 bits per heavy atom. The first-order valence-corrected chi connectivity index (χ1v) is 11.3. The number of hydrogen-bond donors (Lipinski definition) is 0. The second kappa shape index (κ2) is 3.24. The van der Waals surface area contributed by atoms with Crippen molar-refractivity contribution in [1.29, 1.82) is 0 Å². The summed E-state index contributed by atoms with van der Waals surface area (Å²) >= 11 is -2.53. The Morgan fingerprint density at radius 3 is 1.40 bits per heavy atom. The third-order valence-electron chi connectivity index (χ3n) is 1.73. The second-order valence-electron chi connectivity index (χ2n) is 4.03. The summed E-state index contributed by atoms with van der Waals surface area (Å²) in [6.07, 6.45) is 0. The average molecular weight is 244 g/mol. The Hall–Kier alpha value is 1.12. The third-order valence-corrected chi connectivity index (χ3v) is 19.4. The van der Waals surface area contributed by atoms with Gasteiger partial charge >= 0.3 is 75.0 Å². The van der Waals surface area contributed by atoms with Gasteiger partial charge in [0.25, 0.3) is 0 Å². The van der Waals surface area contributed by atoms with E-state index in [2.05, 4.69) is 34.6 Å². The molecule has 0 atom stereocenters. The van der Waals surface area contributed by atoms with Gasteiger partial charge < -0.3 is 0 Å². The predicted molar refractivity (Wildman–Crippen MR) is 52.3 cm³/mol. The predicted octanol–water partition coefficient (Wildman–Crippen LogP) is 4.12. The zero-order valence-electron chi connectivity index (χ0n) is 7.33. The Balaban J connectivity index is 4.40. The van der Waals surface area contributed by atoms with Crippen LogP contribution in [0.2, 0.25) is 9.00 Å². The van der Waals surface area contributed by atoms with Crippen molar-refractivity contribution in [1.82, 2.24) is 0 Å². The van der Waals surface area contributed by atoms with E-state index in [9.17, 15) is 0 Å². The van der Waals surface area contributed by atoms with Crippen LogP contribution in [0.25, 0.3) is 0 Å². The van der Waals surface area contributed by atoms with Crippen molar-refractivity contribution in [2.45, 2.75) is 43.6 Å². The van der Waals surface area contributed by atoms with Crippen LogP contribution in [0.1, 0.15) is 34.6 Å². The monoisotopic (exact) mass is 244 g/mol. The van der Waals surface area contributed by atoms with E-state index >= 15 is 0 Å². The number of halogens is 2. The molecule has 0 radical (unpaired) electrons. The molecular weight excluding hydrogens is 228 g/mol. The van der Waals surface area contributed by atoms with E-state index in [-0.39, 0.29) is 4.25 Å². The van der Waals surface area contributed by atoms with Gasteiger partial charge in [0.1, 0.15) is 0 Å². The summed E-state index contributed by atoms with van der Waals surface area (Å²) in [6.45, 7) is 10.6. The molecule has 0 aromatic carbocycles. The van der Waals surface area contributed by atoms with Gasteiger partial charge in [-0.05, 0) is 0 Å². The zero-order valence-corrected chi connectivity index (χ0v) is 10.9. The van der Waals surface area contributed by atoms with E-state index in [0.29, 0.717) is 4.75 Å². The van der Waals surface area contributed by atoms with Gasteiger partial charge in [0.15, 0.2) is 0 Å². The average Bonchev–Trinajstić information content (AvgIpc) is 1.62. The van der Waals surface area contributed by atoms with E-state index in [4.69, 9.17) is 20.0 Å². The minimum atomic E-state index is -2.53. The Morgan fingerprint density at radius 2 is 1.40 bits per heavy atom. The Labute approximate surface area is 75.0 Å². The topological polar surface area (TPSA) is 0 Å². The third kappa shape index (κ3) is 2.32. The fourth-order valence-electron chi connectivity index (χ4n) is 0.866. The van der Waals surface area contributed by atoms with Crippen LogP contribution in [-0.2, 0) is 0 Å². The van der Waals surface area contributed by atoms with Crippen LogP contribution in [0.3, 0.4) is 0 Å². The molecule has 0 nitrogen and oxygen atoms in total. The van der Waals surface area contributed by atoms with Crippen molar-refractivity contribution in [3.05, 3.63) is 0 Å². The van der Waals surface area contributed by atoms with Gasteiger partial charge in [0, 0.05) is 0 Å². The fraction of sp³-hybridized carbons (Fsp3) is 1.00. The normalized spacial score (nSPS) is 14.4. The first kappa shape index (κ1) is 11.1. The van der Waals surface area contributed by atoms with Crippen molar-refractivity contribution in [2.75, 3.05) is 0 Å². The molecule has 0 unspecified atom stereocenters. The molecule has 0 rings (SSSR count). The molecule has 0 aliphatic heterocycles. The molecule has 0 N–H and O–H groups in total. The number of hydrogen-bond acceptors (Lipinski definition) is 0. The molecule has 0 aliphatic rings. The molecule has 0 fully saturated rings. The Kier molecular flexibility index (Phi) is 3.60. The summed E-state index contributed by atoms with van der Waals surface area (Å²) in [7, 11) is 12.6. The molecule has 62 valence electrons. The molecule has 0 saturated heterocycles. The first-order valence-electron chi connectivity index (χ1n) is 3.57. The molecule has 0 aromatic rings. The standard InChI is InChI=1S/C7H16Cl2Ge/c1-6(2)10(8,9)7(3,4)5/h6H,1-5H3.